The van der Waals surface area contributed by atoms with Gasteiger partial charge in [0.25, 0.3) is 0 Å². The Morgan fingerprint density at radius 1 is 1.12 bits per heavy atom. The summed E-state index contributed by atoms with van der Waals surface area (Å²) in [4.78, 5) is 0. The predicted octanol–water partition coefficient (Wildman–Crippen LogP) is 3.07. The fraction of sp³-hybridized carbons (Fsp3) is 0. The van der Waals surface area contributed by atoms with E-state index in [9.17, 15) is 4.39 Å². The molecule has 0 aromatic heterocycles. The van der Waals surface area contributed by atoms with Crippen LogP contribution < -0.4 is 10.5 Å². The molecule has 2 rings (SSSR count). The Morgan fingerprint density at radius 2 is 1.82 bits per heavy atom. The van der Waals surface area contributed by atoms with Gasteiger partial charge in [0.15, 0.2) is 5.75 Å². The summed E-state index contributed by atoms with van der Waals surface area (Å²) in [7, 11) is 0. The van der Waals surface area contributed by atoms with Gasteiger partial charge in [0.2, 0.25) is 0 Å². The fourth-order valence-corrected chi connectivity index (χ4v) is 1.36. The molecule has 0 saturated heterocycles. The number of nitrogen functional groups attached to an aromatic ring is 1. The van der Waals surface area contributed by atoms with Crippen LogP contribution in [0, 0.1) is 17.1 Å². The van der Waals surface area contributed by atoms with Gasteiger partial charge in [-0.25, -0.2) is 4.39 Å². The number of nitriles is 1. The summed E-state index contributed by atoms with van der Waals surface area (Å²) >= 11 is 0. The number of benzene rings is 2. The molecule has 0 atom stereocenters. The van der Waals surface area contributed by atoms with E-state index in [4.69, 9.17) is 15.7 Å². The second-order valence-corrected chi connectivity index (χ2v) is 3.39. The third-order valence-electron chi connectivity index (χ3n) is 2.23. The number of nitrogens with two attached hydrogens (primary N) is 1. The highest BCUT2D eigenvalue weighted by molar-refractivity contribution is 5.63. The summed E-state index contributed by atoms with van der Waals surface area (Å²) < 4.78 is 18.2. The molecule has 17 heavy (non-hydrogen) atoms. The van der Waals surface area contributed by atoms with Crippen LogP contribution in [0.5, 0.6) is 11.5 Å². The standard InChI is InChI=1S/C13H9FN2O/c14-10-4-6-11(7-5-10)17-12-3-1-2-9(8-15)13(12)16/h1-7H,16H2. The van der Waals surface area contributed by atoms with E-state index in [0.29, 0.717) is 17.1 Å². The van der Waals surface area contributed by atoms with Crippen molar-refractivity contribution in [2.75, 3.05) is 5.73 Å². The lowest BCUT2D eigenvalue weighted by molar-refractivity contribution is 0.483. The van der Waals surface area contributed by atoms with Crippen LogP contribution in [0.3, 0.4) is 0 Å². The van der Waals surface area contributed by atoms with Crippen LogP contribution in [0.4, 0.5) is 10.1 Å². The molecule has 0 amide bonds. The summed E-state index contributed by atoms with van der Waals surface area (Å²) in [5, 5.41) is 8.81. The van der Waals surface area contributed by atoms with E-state index in [-0.39, 0.29) is 11.5 Å². The zero-order valence-electron chi connectivity index (χ0n) is 8.85. The van der Waals surface area contributed by atoms with Crippen LogP contribution in [0.25, 0.3) is 0 Å². The average molecular weight is 228 g/mol. The molecule has 0 aliphatic heterocycles. The number of halogens is 1. The maximum Gasteiger partial charge on any atom is 0.151 e. The van der Waals surface area contributed by atoms with Gasteiger partial charge in [0, 0.05) is 0 Å². The summed E-state index contributed by atoms with van der Waals surface area (Å²) in [5.74, 6) is 0.514. The van der Waals surface area contributed by atoms with Crippen molar-refractivity contribution in [2.24, 2.45) is 0 Å². The van der Waals surface area contributed by atoms with Crippen molar-refractivity contribution < 1.29 is 9.13 Å². The SMILES string of the molecule is N#Cc1cccc(Oc2ccc(F)cc2)c1N. The van der Waals surface area contributed by atoms with Gasteiger partial charge in [0.1, 0.15) is 17.6 Å². The Hall–Kier alpha value is -2.54. The smallest absolute Gasteiger partial charge is 0.151 e. The van der Waals surface area contributed by atoms with Crippen LogP contribution >= 0.6 is 0 Å². The molecule has 0 aliphatic rings. The van der Waals surface area contributed by atoms with Crippen LogP contribution in [-0.4, -0.2) is 0 Å². The average Bonchev–Trinajstić information content (AvgIpc) is 2.35. The first-order valence-electron chi connectivity index (χ1n) is 4.92. The van der Waals surface area contributed by atoms with Crippen molar-refractivity contribution in [1.82, 2.24) is 0 Å². The molecule has 0 bridgehead atoms. The third kappa shape index (κ3) is 2.34. The van der Waals surface area contributed by atoms with Crippen LogP contribution in [0.1, 0.15) is 5.56 Å². The van der Waals surface area contributed by atoms with E-state index in [2.05, 4.69) is 0 Å². The zero-order valence-corrected chi connectivity index (χ0v) is 8.85. The highest BCUT2D eigenvalue weighted by atomic mass is 19.1. The number of hydrogen-bond acceptors (Lipinski definition) is 3. The molecule has 4 heteroatoms. The number of ether oxygens (including phenoxy) is 1. The fourth-order valence-electron chi connectivity index (χ4n) is 1.36. The summed E-state index contributed by atoms with van der Waals surface area (Å²) in [6, 6.07) is 12.5. The molecule has 2 aromatic carbocycles. The molecular formula is C13H9FN2O. The van der Waals surface area contributed by atoms with E-state index in [1.54, 1.807) is 18.2 Å². The molecule has 0 radical (unpaired) electrons. The molecule has 0 saturated carbocycles. The van der Waals surface area contributed by atoms with Crippen molar-refractivity contribution in [3.8, 4) is 17.6 Å². The molecule has 0 heterocycles. The summed E-state index contributed by atoms with van der Waals surface area (Å²) in [6.45, 7) is 0. The largest absolute Gasteiger partial charge is 0.455 e. The predicted molar refractivity (Wildman–Crippen MR) is 62.0 cm³/mol. The van der Waals surface area contributed by atoms with Gasteiger partial charge in [-0.1, -0.05) is 6.07 Å². The van der Waals surface area contributed by atoms with E-state index in [1.807, 2.05) is 6.07 Å². The molecule has 0 spiro atoms. The Balaban J connectivity index is 2.31. The maximum absolute atomic E-state index is 12.7. The maximum atomic E-state index is 12.7. The monoisotopic (exact) mass is 228 g/mol. The zero-order chi connectivity index (χ0) is 12.3. The second kappa shape index (κ2) is 4.54. The number of nitrogens with zero attached hydrogens (tertiary/aromatic N) is 1. The van der Waals surface area contributed by atoms with Gasteiger partial charge in [-0.3, -0.25) is 0 Å². The summed E-state index contributed by atoms with van der Waals surface area (Å²) in [5.41, 5.74) is 6.38. The van der Waals surface area contributed by atoms with Gasteiger partial charge in [0.05, 0.1) is 11.3 Å². The highest BCUT2D eigenvalue weighted by Crippen LogP contribution is 2.29. The van der Waals surface area contributed by atoms with Crippen molar-refractivity contribution in [1.29, 1.82) is 5.26 Å². The quantitative estimate of drug-likeness (QED) is 0.803. The first kappa shape index (κ1) is 11.0. The lowest BCUT2D eigenvalue weighted by atomic mass is 10.2. The molecule has 2 N–H and O–H groups in total. The lowest BCUT2D eigenvalue weighted by Crippen LogP contribution is -1.95. The minimum absolute atomic E-state index is 0.277. The second-order valence-electron chi connectivity index (χ2n) is 3.39. The van der Waals surface area contributed by atoms with Gasteiger partial charge < -0.3 is 10.5 Å². The number of hydrogen-bond donors (Lipinski definition) is 1. The highest BCUT2D eigenvalue weighted by Gasteiger charge is 2.06. The topological polar surface area (TPSA) is 59.0 Å². The van der Waals surface area contributed by atoms with Gasteiger partial charge in [-0.05, 0) is 36.4 Å². The van der Waals surface area contributed by atoms with Gasteiger partial charge in [-0.15, -0.1) is 0 Å². The molecular weight excluding hydrogens is 219 g/mol. The van der Waals surface area contributed by atoms with E-state index in [1.165, 1.54) is 24.3 Å². The minimum atomic E-state index is -0.337. The Bertz CT molecular complexity index is 573. The third-order valence-corrected chi connectivity index (χ3v) is 2.23. The first-order valence-corrected chi connectivity index (χ1v) is 4.92. The first-order chi connectivity index (χ1) is 8.20. The molecule has 0 unspecified atom stereocenters. The van der Waals surface area contributed by atoms with Crippen LogP contribution in [0.2, 0.25) is 0 Å². The number of rotatable bonds is 2. The van der Waals surface area contributed by atoms with Crippen LogP contribution in [-0.2, 0) is 0 Å². The molecule has 0 aliphatic carbocycles. The lowest BCUT2D eigenvalue weighted by Gasteiger charge is -2.08. The van der Waals surface area contributed by atoms with E-state index in [0.717, 1.165) is 0 Å². The molecule has 84 valence electrons. The number of para-hydroxylation sites is 1. The van der Waals surface area contributed by atoms with Crippen LogP contribution in [0.15, 0.2) is 42.5 Å². The van der Waals surface area contributed by atoms with Gasteiger partial charge >= 0.3 is 0 Å². The van der Waals surface area contributed by atoms with E-state index < -0.39 is 0 Å². The van der Waals surface area contributed by atoms with E-state index >= 15 is 0 Å². The summed E-state index contributed by atoms with van der Waals surface area (Å²) in [6.07, 6.45) is 0. The van der Waals surface area contributed by atoms with Gasteiger partial charge in [-0.2, -0.15) is 5.26 Å². The van der Waals surface area contributed by atoms with Crippen molar-refractivity contribution in [2.45, 2.75) is 0 Å². The molecule has 0 fully saturated rings. The Labute approximate surface area is 97.9 Å². The van der Waals surface area contributed by atoms with Crippen molar-refractivity contribution in [3.63, 3.8) is 0 Å². The van der Waals surface area contributed by atoms with Crippen molar-refractivity contribution in [3.05, 3.63) is 53.8 Å². The molecule has 3 nitrogen and oxygen atoms in total. The van der Waals surface area contributed by atoms with Crippen molar-refractivity contribution >= 4 is 5.69 Å². The normalized spacial score (nSPS) is 9.65. The molecule has 2 aromatic rings. The number of anilines is 1. The Morgan fingerprint density at radius 3 is 2.47 bits per heavy atom. The minimum Gasteiger partial charge on any atom is -0.455 e. The Kier molecular flexibility index (Phi) is 2.93.